The van der Waals surface area contributed by atoms with E-state index >= 15 is 0 Å². The molecule has 2 saturated carbocycles. The second-order valence-electron chi connectivity index (χ2n) is 11.8. The lowest BCUT2D eigenvalue weighted by Crippen LogP contribution is -2.74. The number of aromatic hydroxyl groups is 1. The molecule has 0 bridgehead atoms. The quantitative estimate of drug-likeness (QED) is 0.215. The Morgan fingerprint density at radius 3 is 2.47 bits per heavy atom. The van der Waals surface area contributed by atoms with Crippen LogP contribution in [0, 0.1) is 23.7 Å². The lowest BCUT2D eigenvalue weighted by Gasteiger charge is -2.52. The molecule has 1 amide bonds. The Labute approximate surface area is 247 Å². The molecule has 6 atom stereocenters. The molecular weight excluding hydrogens is 559 g/mol. The average molecular weight is 595 g/mol. The van der Waals surface area contributed by atoms with Crippen molar-refractivity contribution in [2.45, 2.75) is 31.0 Å². The lowest BCUT2D eigenvalue weighted by molar-refractivity contribution is -0.181. The highest BCUT2D eigenvalue weighted by molar-refractivity contribution is 6.32. The van der Waals surface area contributed by atoms with Gasteiger partial charge in [-0.05, 0) is 67.7 Å². The van der Waals surface area contributed by atoms with Gasteiger partial charge < -0.3 is 26.6 Å². The van der Waals surface area contributed by atoms with Crippen LogP contribution in [0.3, 0.4) is 0 Å². The Kier molecular flexibility index (Phi) is 7.97. The molecule has 43 heavy (non-hydrogen) atoms. The fraction of sp³-hybridized carbons (Fsp3) is 0.452. The third-order valence-corrected chi connectivity index (χ3v) is 9.19. The molecular formula is C31H35FN4O7. The van der Waals surface area contributed by atoms with Gasteiger partial charge in [0.05, 0.1) is 17.5 Å². The molecule has 0 aromatic heterocycles. The lowest BCUT2D eigenvalue weighted by atomic mass is 9.52. The molecule has 2 aromatic carbocycles. The summed E-state index contributed by atoms with van der Waals surface area (Å²) in [5.41, 5.74) is 5.98. The monoisotopic (exact) mass is 594 g/mol. The molecule has 3 aliphatic rings. The van der Waals surface area contributed by atoms with Gasteiger partial charge >= 0.3 is 0 Å². The summed E-state index contributed by atoms with van der Waals surface area (Å²) in [6, 6.07) is 7.51. The number of hydrogen-bond acceptors (Lipinski definition) is 10. The minimum absolute atomic E-state index is 0.0366. The van der Waals surface area contributed by atoms with Gasteiger partial charge in [-0.1, -0.05) is 12.1 Å². The molecule has 12 heteroatoms. The standard InChI is InChI=1S/C31H35FN4O7/c1-34-20-6-4-14(13-35-9-8-32)10-17(20)16-5-7-21(37)23-18(16)11-15-12-19-25(36(2)3)27(39)24(30(33)42)29(41)31(19,43)28(40)22(15)26(23)38/h4-7,10,15,19,22,24-25,34-35,37,43H,8-9,11-13H2,1-3H3,(H2,33,42)/t15-,19-,22?,24?,25-,31-/m0/s1. The molecule has 0 spiro atoms. The summed E-state index contributed by atoms with van der Waals surface area (Å²) in [4.78, 5) is 68.4. The Morgan fingerprint density at radius 1 is 1.12 bits per heavy atom. The van der Waals surface area contributed by atoms with Crippen LogP contribution in [0.4, 0.5) is 10.1 Å². The number of phenolic OH excluding ortho intramolecular Hbond substituents is 1. The normalized spacial score (nSPS) is 28.4. The smallest absolute Gasteiger partial charge is 0.235 e. The number of rotatable bonds is 8. The minimum Gasteiger partial charge on any atom is -0.507 e. The molecule has 6 N–H and O–H groups in total. The SMILES string of the molecule is CNc1ccc(CNCCF)cc1-c1ccc(O)c2c1C[C@H]1C[C@H]3[C@H](N(C)C)C(=O)C(C(N)=O)C(=O)[C@@]3(O)C(=O)C1C2=O. The van der Waals surface area contributed by atoms with Crippen molar-refractivity contribution >= 4 is 34.7 Å². The first kappa shape index (κ1) is 30.5. The van der Waals surface area contributed by atoms with Crippen LogP contribution in [0.25, 0.3) is 11.1 Å². The van der Waals surface area contributed by atoms with Crippen molar-refractivity contribution in [3.63, 3.8) is 0 Å². The molecule has 0 saturated heterocycles. The number of aliphatic hydroxyl groups is 1. The van der Waals surface area contributed by atoms with Crippen molar-refractivity contribution in [3.05, 3.63) is 47.0 Å². The number of carbonyl (C=O) groups is 5. The van der Waals surface area contributed by atoms with Crippen molar-refractivity contribution in [1.82, 2.24) is 10.2 Å². The zero-order valence-electron chi connectivity index (χ0n) is 24.1. The zero-order chi connectivity index (χ0) is 31.4. The maximum absolute atomic E-state index is 14.0. The van der Waals surface area contributed by atoms with E-state index in [-0.39, 0.29) is 30.7 Å². The highest BCUT2D eigenvalue weighted by Gasteiger charge is 2.69. The first-order valence-electron chi connectivity index (χ1n) is 14.2. The average Bonchev–Trinajstić information content (AvgIpc) is 2.95. The number of fused-ring (bicyclic) bond motifs is 3. The number of ketones is 4. The third kappa shape index (κ3) is 4.64. The molecule has 2 aromatic rings. The van der Waals surface area contributed by atoms with Crippen LogP contribution in [-0.4, -0.2) is 90.2 Å². The number of hydrogen-bond donors (Lipinski definition) is 5. The van der Waals surface area contributed by atoms with E-state index < -0.39 is 71.0 Å². The van der Waals surface area contributed by atoms with E-state index in [0.29, 0.717) is 17.7 Å². The van der Waals surface area contributed by atoms with Gasteiger partial charge in [0.25, 0.3) is 0 Å². The molecule has 11 nitrogen and oxygen atoms in total. The topological polar surface area (TPSA) is 179 Å². The van der Waals surface area contributed by atoms with Gasteiger partial charge in [0.1, 0.15) is 12.4 Å². The number of benzene rings is 2. The van der Waals surface area contributed by atoms with Crippen molar-refractivity contribution in [2.75, 3.05) is 39.7 Å². The number of nitrogens with two attached hydrogens (primary N) is 1. The molecule has 0 heterocycles. The molecule has 228 valence electrons. The highest BCUT2D eigenvalue weighted by Crippen LogP contribution is 2.52. The Hall–Kier alpha value is -4.00. The van der Waals surface area contributed by atoms with Gasteiger partial charge in [0.2, 0.25) is 5.91 Å². The van der Waals surface area contributed by atoms with Crippen LogP contribution in [-0.2, 0) is 32.1 Å². The number of phenols is 1. The Balaban J connectivity index is 1.63. The summed E-state index contributed by atoms with van der Waals surface area (Å²) in [7, 11) is 4.82. The zero-order valence-corrected chi connectivity index (χ0v) is 24.1. The fourth-order valence-electron chi connectivity index (χ4n) is 7.30. The van der Waals surface area contributed by atoms with E-state index in [9.17, 15) is 38.6 Å². The number of alkyl halides is 1. The Bertz CT molecular complexity index is 1540. The van der Waals surface area contributed by atoms with Crippen molar-refractivity contribution in [2.24, 2.45) is 29.4 Å². The van der Waals surface area contributed by atoms with Crippen LogP contribution in [0.5, 0.6) is 5.75 Å². The van der Waals surface area contributed by atoms with Crippen LogP contribution in [0.1, 0.15) is 27.9 Å². The molecule has 0 radical (unpaired) electrons. The number of anilines is 1. The first-order chi connectivity index (χ1) is 20.4. The number of carbonyl (C=O) groups excluding carboxylic acids is 5. The van der Waals surface area contributed by atoms with Gasteiger partial charge in [0, 0.05) is 37.3 Å². The summed E-state index contributed by atoms with van der Waals surface area (Å²) >= 11 is 0. The summed E-state index contributed by atoms with van der Waals surface area (Å²) in [5.74, 6) is -10.9. The predicted molar refractivity (Wildman–Crippen MR) is 154 cm³/mol. The van der Waals surface area contributed by atoms with E-state index in [1.54, 1.807) is 27.2 Å². The summed E-state index contributed by atoms with van der Waals surface area (Å²) in [6.45, 7) is 0.0807. The molecule has 3 aliphatic carbocycles. The number of halogens is 1. The van der Waals surface area contributed by atoms with Crippen molar-refractivity contribution < 1.29 is 38.6 Å². The van der Waals surface area contributed by atoms with Crippen LogP contribution < -0.4 is 16.4 Å². The van der Waals surface area contributed by atoms with E-state index in [0.717, 1.165) is 16.8 Å². The summed E-state index contributed by atoms with van der Waals surface area (Å²) < 4.78 is 12.7. The summed E-state index contributed by atoms with van der Waals surface area (Å²) in [6.07, 6.45) is 0.105. The van der Waals surface area contributed by atoms with Gasteiger partial charge in [-0.25, -0.2) is 4.39 Å². The van der Waals surface area contributed by atoms with Gasteiger partial charge in [-0.3, -0.25) is 28.9 Å². The van der Waals surface area contributed by atoms with Crippen LogP contribution in [0.2, 0.25) is 0 Å². The van der Waals surface area contributed by atoms with Crippen LogP contribution >= 0.6 is 0 Å². The minimum atomic E-state index is -2.77. The number of nitrogens with one attached hydrogen (secondary N) is 2. The van der Waals surface area contributed by atoms with E-state index in [1.165, 1.54) is 11.0 Å². The highest BCUT2D eigenvalue weighted by atomic mass is 19.1. The van der Waals surface area contributed by atoms with Gasteiger partial charge in [0.15, 0.2) is 34.7 Å². The van der Waals surface area contributed by atoms with E-state index in [4.69, 9.17) is 5.73 Å². The number of Topliss-reactive ketones (excluding diaryl/α,β-unsaturated/α-hetero) is 4. The number of primary amides is 1. The second-order valence-corrected chi connectivity index (χ2v) is 11.8. The van der Waals surface area contributed by atoms with E-state index in [1.807, 2.05) is 18.2 Å². The number of nitrogens with zero attached hydrogens (tertiary/aromatic N) is 1. The fourth-order valence-corrected chi connectivity index (χ4v) is 7.30. The number of amides is 1. The molecule has 2 unspecified atom stereocenters. The van der Waals surface area contributed by atoms with Crippen LogP contribution in [0.15, 0.2) is 30.3 Å². The second kappa shape index (κ2) is 11.3. The number of likely N-dealkylation sites (N-methyl/N-ethyl adjacent to an activating group) is 1. The maximum atomic E-state index is 14.0. The largest absolute Gasteiger partial charge is 0.507 e. The first-order valence-corrected chi connectivity index (χ1v) is 14.2. The Morgan fingerprint density at radius 2 is 1.84 bits per heavy atom. The van der Waals surface area contributed by atoms with Gasteiger partial charge in [-0.2, -0.15) is 0 Å². The molecule has 5 rings (SSSR count). The van der Waals surface area contributed by atoms with Gasteiger partial charge in [-0.15, -0.1) is 0 Å². The third-order valence-electron chi connectivity index (χ3n) is 9.19. The predicted octanol–water partition coefficient (Wildman–Crippen LogP) is 0.635. The summed E-state index contributed by atoms with van der Waals surface area (Å²) in [5, 5.41) is 28.8. The molecule has 0 aliphatic heterocycles. The molecule has 2 fully saturated rings. The van der Waals surface area contributed by atoms with Crippen molar-refractivity contribution in [3.8, 4) is 16.9 Å². The maximum Gasteiger partial charge on any atom is 0.235 e. The van der Waals surface area contributed by atoms with E-state index in [2.05, 4.69) is 10.6 Å². The van der Waals surface area contributed by atoms with Crippen molar-refractivity contribution in [1.29, 1.82) is 0 Å².